The molecule has 0 fully saturated rings. The van der Waals surface area contributed by atoms with Crippen molar-refractivity contribution >= 4 is 0 Å². The van der Waals surface area contributed by atoms with Crippen LogP contribution in [0.15, 0.2) is 24.3 Å². The molecule has 72 valence electrons. The molecular weight excluding hydrogens is 166 g/mol. The summed E-state index contributed by atoms with van der Waals surface area (Å²) >= 11 is 0. The summed E-state index contributed by atoms with van der Waals surface area (Å²) in [7, 11) is 1.63. The lowest BCUT2D eigenvalue weighted by molar-refractivity contribution is 0.265. The number of aliphatic hydroxyl groups is 1. The standard InChI is InChI=1S/C10H15NO2/c1-13-10-4-2-3-8(6-10)5-9(11)7-12/h2-4,6,9,12H,5,7,11H2,1H3. The molecule has 13 heavy (non-hydrogen) atoms. The molecule has 0 aromatic heterocycles. The molecule has 1 aromatic carbocycles. The molecule has 3 heteroatoms. The third-order valence-corrected chi connectivity index (χ3v) is 1.87. The van der Waals surface area contributed by atoms with Crippen LogP contribution in [0.2, 0.25) is 0 Å². The number of ether oxygens (including phenoxy) is 1. The summed E-state index contributed by atoms with van der Waals surface area (Å²) in [6.45, 7) is 0.0111. The van der Waals surface area contributed by atoms with E-state index in [2.05, 4.69) is 0 Å². The third-order valence-electron chi connectivity index (χ3n) is 1.87. The first-order valence-corrected chi connectivity index (χ1v) is 4.25. The van der Waals surface area contributed by atoms with E-state index < -0.39 is 0 Å². The van der Waals surface area contributed by atoms with Gasteiger partial charge in [0.25, 0.3) is 0 Å². The lowest BCUT2D eigenvalue weighted by Crippen LogP contribution is -2.26. The highest BCUT2D eigenvalue weighted by molar-refractivity contribution is 5.28. The molecule has 3 N–H and O–H groups in total. The zero-order chi connectivity index (χ0) is 9.68. The SMILES string of the molecule is COc1cccc(CC(N)CO)c1. The lowest BCUT2D eigenvalue weighted by atomic mass is 10.1. The summed E-state index contributed by atoms with van der Waals surface area (Å²) in [5.74, 6) is 0.822. The van der Waals surface area contributed by atoms with Gasteiger partial charge in [-0.05, 0) is 24.1 Å². The fraction of sp³-hybridized carbons (Fsp3) is 0.400. The number of hydrogen-bond donors (Lipinski definition) is 2. The Balaban J connectivity index is 2.66. The molecule has 0 aliphatic carbocycles. The first-order chi connectivity index (χ1) is 6.26. The van der Waals surface area contributed by atoms with Crippen molar-refractivity contribution in [3.05, 3.63) is 29.8 Å². The molecule has 3 nitrogen and oxygen atoms in total. The summed E-state index contributed by atoms with van der Waals surface area (Å²) in [6.07, 6.45) is 0.674. The van der Waals surface area contributed by atoms with Gasteiger partial charge in [0.1, 0.15) is 5.75 Å². The van der Waals surface area contributed by atoms with Crippen molar-refractivity contribution in [2.75, 3.05) is 13.7 Å². The van der Waals surface area contributed by atoms with Crippen LogP contribution in [0.25, 0.3) is 0 Å². The van der Waals surface area contributed by atoms with Crippen LogP contribution in [0.5, 0.6) is 5.75 Å². The summed E-state index contributed by atoms with van der Waals surface area (Å²) in [4.78, 5) is 0. The predicted molar refractivity (Wildman–Crippen MR) is 51.8 cm³/mol. The molecule has 1 rings (SSSR count). The molecule has 0 aliphatic heterocycles. The van der Waals surface area contributed by atoms with Crippen molar-refractivity contribution in [1.82, 2.24) is 0 Å². The smallest absolute Gasteiger partial charge is 0.119 e. The molecule has 1 unspecified atom stereocenters. The van der Waals surface area contributed by atoms with Crippen LogP contribution in [0.1, 0.15) is 5.56 Å². The van der Waals surface area contributed by atoms with Gasteiger partial charge in [0.15, 0.2) is 0 Å². The maximum Gasteiger partial charge on any atom is 0.119 e. The fourth-order valence-electron chi connectivity index (χ4n) is 1.17. The number of benzene rings is 1. The lowest BCUT2D eigenvalue weighted by Gasteiger charge is -2.08. The Bertz CT molecular complexity index is 263. The van der Waals surface area contributed by atoms with Gasteiger partial charge >= 0.3 is 0 Å². The highest BCUT2D eigenvalue weighted by Gasteiger charge is 2.02. The van der Waals surface area contributed by atoms with Crippen molar-refractivity contribution in [3.8, 4) is 5.75 Å². The second kappa shape index (κ2) is 4.84. The predicted octanol–water partition coefficient (Wildman–Crippen LogP) is 0.557. The monoisotopic (exact) mass is 181 g/mol. The number of methoxy groups -OCH3 is 1. The summed E-state index contributed by atoms with van der Waals surface area (Å²) in [6, 6.07) is 7.51. The highest BCUT2D eigenvalue weighted by atomic mass is 16.5. The van der Waals surface area contributed by atoms with E-state index in [9.17, 15) is 0 Å². The minimum Gasteiger partial charge on any atom is -0.497 e. The van der Waals surface area contributed by atoms with Gasteiger partial charge in [0, 0.05) is 6.04 Å². The van der Waals surface area contributed by atoms with E-state index in [-0.39, 0.29) is 12.6 Å². The first kappa shape index (κ1) is 10.0. The van der Waals surface area contributed by atoms with Gasteiger partial charge in [0.05, 0.1) is 13.7 Å². The number of hydrogen-bond acceptors (Lipinski definition) is 3. The average Bonchev–Trinajstić information content (AvgIpc) is 2.18. The van der Waals surface area contributed by atoms with Crippen molar-refractivity contribution in [2.45, 2.75) is 12.5 Å². The van der Waals surface area contributed by atoms with Crippen LogP contribution in [0.4, 0.5) is 0 Å². The van der Waals surface area contributed by atoms with Gasteiger partial charge in [-0.3, -0.25) is 0 Å². The molecule has 0 saturated heterocycles. The van der Waals surface area contributed by atoms with E-state index in [4.69, 9.17) is 15.6 Å². The molecule has 0 heterocycles. The van der Waals surface area contributed by atoms with Crippen LogP contribution in [0, 0.1) is 0 Å². The van der Waals surface area contributed by atoms with E-state index in [1.54, 1.807) is 7.11 Å². The Hall–Kier alpha value is -1.06. The van der Waals surface area contributed by atoms with Gasteiger partial charge in [-0.1, -0.05) is 12.1 Å². The molecule has 1 atom stereocenters. The Labute approximate surface area is 78.1 Å². The minimum absolute atomic E-state index is 0.0111. The van der Waals surface area contributed by atoms with Gasteiger partial charge in [0.2, 0.25) is 0 Å². The van der Waals surface area contributed by atoms with E-state index in [1.165, 1.54) is 0 Å². The Morgan fingerprint density at radius 2 is 2.31 bits per heavy atom. The molecule has 0 saturated carbocycles. The first-order valence-electron chi connectivity index (χ1n) is 4.25. The van der Waals surface area contributed by atoms with Gasteiger partial charge in [-0.15, -0.1) is 0 Å². The molecular formula is C10H15NO2. The van der Waals surface area contributed by atoms with E-state index >= 15 is 0 Å². The van der Waals surface area contributed by atoms with Crippen LogP contribution < -0.4 is 10.5 Å². The Morgan fingerprint density at radius 1 is 1.54 bits per heavy atom. The molecule has 0 spiro atoms. The third kappa shape index (κ3) is 3.05. The Kier molecular flexibility index (Phi) is 3.73. The van der Waals surface area contributed by atoms with E-state index in [0.29, 0.717) is 6.42 Å². The Morgan fingerprint density at radius 3 is 2.92 bits per heavy atom. The molecule has 0 radical (unpaired) electrons. The normalized spacial score (nSPS) is 12.5. The molecule has 0 aliphatic rings. The zero-order valence-corrected chi connectivity index (χ0v) is 7.73. The molecule has 1 aromatic rings. The van der Waals surface area contributed by atoms with Crippen molar-refractivity contribution < 1.29 is 9.84 Å². The summed E-state index contributed by atoms with van der Waals surface area (Å²) in [5, 5.41) is 8.77. The second-order valence-electron chi connectivity index (χ2n) is 3.00. The van der Waals surface area contributed by atoms with E-state index in [1.807, 2.05) is 24.3 Å². The summed E-state index contributed by atoms with van der Waals surface area (Å²) in [5.41, 5.74) is 6.69. The minimum atomic E-state index is -0.188. The zero-order valence-electron chi connectivity index (χ0n) is 7.73. The quantitative estimate of drug-likeness (QED) is 0.713. The van der Waals surface area contributed by atoms with Crippen molar-refractivity contribution in [3.63, 3.8) is 0 Å². The average molecular weight is 181 g/mol. The van der Waals surface area contributed by atoms with Crippen LogP contribution in [-0.4, -0.2) is 24.9 Å². The molecule has 0 bridgehead atoms. The van der Waals surface area contributed by atoms with Crippen LogP contribution in [0.3, 0.4) is 0 Å². The number of aliphatic hydroxyl groups excluding tert-OH is 1. The van der Waals surface area contributed by atoms with Crippen molar-refractivity contribution in [1.29, 1.82) is 0 Å². The second-order valence-corrected chi connectivity index (χ2v) is 3.00. The van der Waals surface area contributed by atoms with Crippen LogP contribution >= 0.6 is 0 Å². The maximum atomic E-state index is 8.77. The number of nitrogens with two attached hydrogens (primary N) is 1. The topological polar surface area (TPSA) is 55.5 Å². The van der Waals surface area contributed by atoms with Gasteiger partial charge < -0.3 is 15.6 Å². The van der Waals surface area contributed by atoms with Crippen molar-refractivity contribution in [2.24, 2.45) is 5.73 Å². The number of rotatable bonds is 4. The molecule has 0 amide bonds. The maximum absolute atomic E-state index is 8.77. The van der Waals surface area contributed by atoms with Gasteiger partial charge in [-0.25, -0.2) is 0 Å². The summed E-state index contributed by atoms with van der Waals surface area (Å²) < 4.78 is 5.07. The highest BCUT2D eigenvalue weighted by Crippen LogP contribution is 2.13. The fourth-order valence-corrected chi connectivity index (χ4v) is 1.17. The largest absolute Gasteiger partial charge is 0.497 e. The van der Waals surface area contributed by atoms with Gasteiger partial charge in [-0.2, -0.15) is 0 Å². The van der Waals surface area contributed by atoms with E-state index in [0.717, 1.165) is 11.3 Å². The van der Waals surface area contributed by atoms with Crippen LogP contribution in [-0.2, 0) is 6.42 Å².